The first-order chi connectivity index (χ1) is 9.63. The maximum atomic E-state index is 12.3. The second kappa shape index (κ2) is 5.13. The van der Waals surface area contributed by atoms with Crippen molar-refractivity contribution in [3.8, 4) is 0 Å². The van der Waals surface area contributed by atoms with Gasteiger partial charge < -0.3 is 10.6 Å². The standard InChI is InChI=1S/C15H14ClN3O/c1-9-12(4-5-14(16)18-9)19-15(20)11-3-2-10-6-7-17-13(10)8-11/h2-5,8,17H,6-7H2,1H3,(H,19,20). The highest BCUT2D eigenvalue weighted by Gasteiger charge is 2.14. The Morgan fingerprint density at radius 1 is 1.35 bits per heavy atom. The highest BCUT2D eigenvalue weighted by Crippen LogP contribution is 2.24. The summed E-state index contributed by atoms with van der Waals surface area (Å²) in [5.41, 5.74) is 4.31. The van der Waals surface area contributed by atoms with Gasteiger partial charge in [-0.2, -0.15) is 0 Å². The molecule has 5 heteroatoms. The predicted molar refractivity (Wildman–Crippen MR) is 80.6 cm³/mol. The molecule has 1 aromatic carbocycles. The van der Waals surface area contributed by atoms with Gasteiger partial charge in [-0.05, 0) is 43.2 Å². The first-order valence-electron chi connectivity index (χ1n) is 6.45. The summed E-state index contributed by atoms with van der Waals surface area (Å²) < 4.78 is 0. The van der Waals surface area contributed by atoms with Gasteiger partial charge in [-0.15, -0.1) is 0 Å². The molecule has 0 spiro atoms. The van der Waals surface area contributed by atoms with Crippen molar-refractivity contribution < 1.29 is 4.79 Å². The molecule has 1 aliphatic heterocycles. The van der Waals surface area contributed by atoms with E-state index in [1.807, 2.05) is 25.1 Å². The van der Waals surface area contributed by atoms with Gasteiger partial charge in [0.2, 0.25) is 0 Å². The van der Waals surface area contributed by atoms with Crippen LogP contribution in [0.2, 0.25) is 5.15 Å². The van der Waals surface area contributed by atoms with Gasteiger partial charge in [0, 0.05) is 17.8 Å². The highest BCUT2D eigenvalue weighted by molar-refractivity contribution is 6.29. The maximum Gasteiger partial charge on any atom is 0.255 e. The minimum atomic E-state index is -0.145. The number of amides is 1. The number of nitrogens with zero attached hydrogens (tertiary/aromatic N) is 1. The lowest BCUT2D eigenvalue weighted by Crippen LogP contribution is -2.13. The fraction of sp³-hybridized carbons (Fsp3) is 0.200. The fourth-order valence-corrected chi connectivity index (χ4v) is 2.48. The number of nitrogens with one attached hydrogen (secondary N) is 2. The van der Waals surface area contributed by atoms with Gasteiger partial charge in [-0.1, -0.05) is 17.7 Å². The van der Waals surface area contributed by atoms with E-state index in [4.69, 9.17) is 11.6 Å². The second-order valence-corrected chi connectivity index (χ2v) is 5.16. The maximum absolute atomic E-state index is 12.3. The third-order valence-electron chi connectivity index (χ3n) is 3.38. The summed E-state index contributed by atoms with van der Waals surface area (Å²) in [6.45, 7) is 2.74. The SMILES string of the molecule is Cc1nc(Cl)ccc1NC(=O)c1ccc2c(c1)NCC2. The fourth-order valence-electron chi connectivity index (χ4n) is 2.29. The molecule has 20 heavy (non-hydrogen) atoms. The summed E-state index contributed by atoms with van der Waals surface area (Å²) in [4.78, 5) is 16.4. The van der Waals surface area contributed by atoms with E-state index in [-0.39, 0.29) is 5.91 Å². The van der Waals surface area contributed by atoms with Crippen LogP contribution < -0.4 is 10.6 Å². The Kier molecular flexibility index (Phi) is 3.32. The van der Waals surface area contributed by atoms with E-state index < -0.39 is 0 Å². The number of carbonyl (C=O) groups is 1. The summed E-state index contributed by atoms with van der Waals surface area (Å²) in [5, 5.41) is 6.54. The molecule has 102 valence electrons. The smallest absolute Gasteiger partial charge is 0.255 e. The van der Waals surface area contributed by atoms with Crippen LogP contribution in [0.25, 0.3) is 0 Å². The van der Waals surface area contributed by atoms with Crippen LogP contribution in [-0.2, 0) is 6.42 Å². The molecule has 0 aliphatic carbocycles. The molecule has 1 aliphatic rings. The van der Waals surface area contributed by atoms with Gasteiger partial charge in [-0.25, -0.2) is 4.98 Å². The second-order valence-electron chi connectivity index (χ2n) is 4.77. The zero-order chi connectivity index (χ0) is 14.1. The number of pyridine rings is 1. The summed E-state index contributed by atoms with van der Waals surface area (Å²) in [6.07, 6.45) is 1.01. The van der Waals surface area contributed by atoms with Gasteiger partial charge in [0.05, 0.1) is 11.4 Å². The van der Waals surface area contributed by atoms with E-state index >= 15 is 0 Å². The number of rotatable bonds is 2. The molecule has 3 rings (SSSR count). The molecule has 2 N–H and O–H groups in total. The summed E-state index contributed by atoms with van der Waals surface area (Å²) in [7, 11) is 0. The molecule has 0 bridgehead atoms. The van der Waals surface area contributed by atoms with Crippen molar-refractivity contribution in [3.05, 3.63) is 52.3 Å². The zero-order valence-corrected chi connectivity index (χ0v) is 11.8. The van der Waals surface area contributed by atoms with E-state index in [0.717, 1.165) is 18.7 Å². The van der Waals surface area contributed by atoms with Crippen LogP contribution >= 0.6 is 11.6 Å². The molecule has 0 fully saturated rings. The molecule has 0 unspecified atom stereocenters. The Balaban J connectivity index is 1.82. The first kappa shape index (κ1) is 12.9. The van der Waals surface area contributed by atoms with Gasteiger partial charge in [0.1, 0.15) is 5.15 Å². The van der Waals surface area contributed by atoms with Crippen LogP contribution in [0.3, 0.4) is 0 Å². The number of fused-ring (bicyclic) bond motifs is 1. The molecule has 4 nitrogen and oxygen atoms in total. The zero-order valence-electron chi connectivity index (χ0n) is 11.0. The van der Waals surface area contributed by atoms with E-state index in [0.29, 0.717) is 22.1 Å². The van der Waals surface area contributed by atoms with Crippen molar-refractivity contribution in [3.63, 3.8) is 0 Å². The Labute approximate surface area is 122 Å². The van der Waals surface area contributed by atoms with Crippen molar-refractivity contribution in [1.29, 1.82) is 0 Å². The molecular formula is C15H14ClN3O. The molecule has 0 radical (unpaired) electrons. The average Bonchev–Trinajstić information content (AvgIpc) is 2.89. The predicted octanol–water partition coefficient (Wildman–Crippen LogP) is 3.26. The summed E-state index contributed by atoms with van der Waals surface area (Å²) in [6, 6.07) is 9.15. The monoisotopic (exact) mass is 287 g/mol. The van der Waals surface area contributed by atoms with Gasteiger partial charge >= 0.3 is 0 Å². The van der Waals surface area contributed by atoms with E-state index in [1.165, 1.54) is 5.56 Å². The van der Waals surface area contributed by atoms with Crippen LogP contribution in [0.15, 0.2) is 30.3 Å². The van der Waals surface area contributed by atoms with E-state index in [9.17, 15) is 4.79 Å². The first-order valence-corrected chi connectivity index (χ1v) is 6.82. The summed E-state index contributed by atoms with van der Waals surface area (Å²) in [5.74, 6) is -0.145. The molecule has 1 aromatic heterocycles. The normalized spacial score (nSPS) is 12.7. The number of halogens is 1. The lowest BCUT2D eigenvalue weighted by molar-refractivity contribution is 0.102. The lowest BCUT2D eigenvalue weighted by atomic mass is 10.1. The Hall–Kier alpha value is -2.07. The topological polar surface area (TPSA) is 54.0 Å². The molecule has 0 saturated carbocycles. The van der Waals surface area contributed by atoms with Crippen molar-refractivity contribution >= 4 is 28.9 Å². The number of anilines is 2. The van der Waals surface area contributed by atoms with Crippen molar-refractivity contribution in [2.75, 3.05) is 17.2 Å². The van der Waals surface area contributed by atoms with Gasteiger partial charge in [0.25, 0.3) is 5.91 Å². The quantitative estimate of drug-likeness (QED) is 0.834. The minimum absolute atomic E-state index is 0.145. The third kappa shape index (κ3) is 2.47. The average molecular weight is 288 g/mol. The van der Waals surface area contributed by atoms with Crippen LogP contribution in [0.1, 0.15) is 21.6 Å². The molecular weight excluding hydrogens is 274 g/mol. The minimum Gasteiger partial charge on any atom is -0.384 e. The molecule has 2 heterocycles. The molecule has 1 amide bonds. The highest BCUT2D eigenvalue weighted by atomic mass is 35.5. The molecule has 0 saturated heterocycles. The van der Waals surface area contributed by atoms with Gasteiger partial charge in [0.15, 0.2) is 0 Å². The van der Waals surface area contributed by atoms with Gasteiger partial charge in [-0.3, -0.25) is 4.79 Å². The Bertz CT molecular complexity index is 685. The van der Waals surface area contributed by atoms with Crippen molar-refractivity contribution in [2.24, 2.45) is 0 Å². The van der Waals surface area contributed by atoms with Crippen molar-refractivity contribution in [1.82, 2.24) is 4.98 Å². The van der Waals surface area contributed by atoms with Crippen molar-refractivity contribution in [2.45, 2.75) is 13.3 Å². The summed E-state index contributed by atoms with van der Waals surface area (Å²) >= 11 is 5.80. The number of carbonyl (C=O) groups excluding carboxylic acids is 1. The molecule has 2 aromatic rings. The number of aryl methyl sites for hydroxylation is 1. The van der Waals surface area contributed by atoms with E-state index in [1.54, 1.807) is 12.1 Å². The third-order valence-corrected chi connectivity index (χ3v) is 3.59. The molecule has 0 atom stereocenters. The number of hydrogen-bond acceptors (Lipinski definition) is 3. The largest absolute Gasteiger partial charge is 0.384 e. The number of benzene rings is 1. The van der Waals surface area contributed by atoms with Crippen LogP contribution in [0.4, 0.5) is 11.4 Å². The Morgan fingerprint density at radius 2 is 2.20 bits per heavy atom. The number of aromatic nitrogens is 1. The van der Waals surface area contributed by atoms with Crippen LogP contribution in [-0.4, -0.2) is 17.4 Å². The number of hydrogen-bond donors (Lipinski definition) is 2. The van der Waals surface area contributed by atoms with E-state index in [2.05, 4.69) is 15.6 Å². The lowest BCUT2D eigenvalue weighted by Gasteiger charge is -2.09. The Morgan fingerprint density at radius 3 is 3.00 bits per heavy atom. The van der Waals surface area contributed by atoms with Crippen LogP contribution in [0, 0.1) is 6.92 Å². The van der Waals surface area contributed by atoms with Crippen LogP contribution in [0.5, 0.6) is 0 Å².